The first kappa shape index (κ1) is 12.1. The maximum absolute atomic E-state index is 5.83. The summed E-state index contributed by atoms with van der Waals surface area (Å²) in [6, 6.07) is 0. The van der Waals surface area contributed by atoms with Crippen LogP contribution in [0.4, 0.5) is 5.82 Å². The molecule has 1 fully saturated rings. The minimum atomic E-state index is 0.537. The monoisotopic (exact) mass is 235 g/mol. The maximum Gasteiger partial charge on any atom is 0.221 e. The van der Waals surface area contributed by atoms with Crippen LogP contribution in [0.15, 0.2) is 0 Å². The second kappa shape index (κ2) is 5.34. The molecule has 94 valence electrons. The predicted octanol–water partition coefficient (Wildman–Crippen LogP) is 2.50. The highest BCUT2D eigenvalue weighted by atomic mass is 16.5. The van der Waals surface area contributed by atoms with Crippen molar-refractivity contribution < 1.29 is 4.74 Å². The molecule has 4 heteroatoms. The van der Waals surface area contributed by atoms with E-state index in [0.29, 0.717) is 11.7 Å². The average Bonchev–Trinajstić information content (AvgIpc) is 2.27. The molecule has 0 atom stereocenters. The van der Waals surface area contributed by atoms with Crippen LogP contribution in [0.25, 0.3) is 0 Å². The number of ether oxygens (including phenoxy) is 1. The highest BCUT2D eigenvalue weighted by Gasteiger charge is 2.17. The van der Waals surface area contributed by atoms with Crippen LogP contribution in [0.5, 0.6) is 5.88 Å². The van der Waals surface area contributed by atoms with Gasteiger partial charge in [-0.1, -0.05) is 26.2 Å². The van der Waals surface area contributed by atoms with Crippen molar-refractivity contribution in [2.75, 3.05) is 12.3 Å². The van der Waals surface area contributed by atoms with Gasteiger partial charge in [-0.3, -0.25) is 0 Å². The second-order valence-electron chi connectivity index (χ2n) is 4.74. The van der Waals surface area contributed by atoms with Gasteiger partial charge >= 0.3 is 0 Å². The molecule has 0 aliphatic heterocycles. The third-order valence-corrected chi connectivity index (χ3v) is 3.49. The summed E-state index contributed by atoms with van der Waals surface area (Å²) in [5.41, 5.74) is 6.69. The molecule has 1 aromatic rings. The van der Waals surface area contributed by atoms with E-state index >= 15 is 0 Å². The molecule has 1 heterocycles. The van der Waals surface area contributed by atoms with Gasteiger partial charge in [0.25, 0.3) is 0 Å². The minimum Gasteiger partial charge on any atom is -0.477 e. The number of nitrogen functional groups attached to an aromatic ring is 1. The molecule has 0 radical (unpaired) electrons. The van der Waals surface area contributed by atoms with Gasteiger partial charge in [0.2, 0.25) is 5.88 Å². The number of anilines is 1. The second-order valence-corrected chi connectivity index (χ2v) is 4.74. The summed E-state index contributed by atoms with van der Waals surface area (Å²) in [5, 5.41) is 0. The minimum absolute atomic E-state index is 0.537. The van der Waals surface area contributed by atoms with E-state index in [1.807, 2.05) is 13.8 Å². The molecule has 1 aliphatic rings. The van der Waals surface area contributed by atoms with Gasteiger partial charge < -0.3 is 10.5 Å². The Morgan fingerprint density at radius 2 is 2.12 bits per heavy atom. The van der Waals surface area contributed by atoms with Crippen LogP contribution in [0, 0.1) is 12.8 Å². The Morgan fingerprint density at radius 3 is 2.71 bits per heavy atom. The SMILES string of the molecule is CCc1nc(N)c(C)c(OCCC2CCC2)n1. The Morgan fingerprint density at radius 1 is 1.35 bits per heavy atom. The number of hydrogen-bond donors (Lipinski definition) is 1. The van der Waals surface area contributed by atoms with Crippen molar-refractivity contribution in [1.29, 1.82) is 0 Å². The first-order chi connectivity index (χ1) is 8.20. The van der Waals surface area contributed by atoms with Crippen LogP contribution < -0.4 is 10.5 Å². The molecule has 2 rings (SSSR count). The normalized spacial score (nSPS) is 15.6. The Balaban J connectivity index is 1.95. The predicted molar refractivity (Wildman–Crippen MR) is 68.0 cm³/mol. The zero-order valence-corrected chi connectivity index (χ0v) is 10.7. The summed E-state index contributed by atoms with van der Waals surface area (Å²) in [5.74, 6) is 2.82. The highest BCUT2D eigenvalue weighted by molar-refractivity contribution is 5.44. The number of nitrogens with two attached hydrogens (primary N) is 1. The maximum atomic E-state index is 5.83. The molecule has 2 N–H and O–H groups in total. The van der Waals surface area contributed by atoms with Gasteiger partial charge in [0, 0.05) is 6.42 Å². The van der Waals surface area contributed by atoms with Gasteiger partial charge in [-0.2, -0.15) is 4.98 Å². The molecule has 1 aliphatic carbocycles. The van der Waals surface area contributed by atoms with E-state index in [2.05, 4.69) is 9.97 Å². The molecule has 0 aromatic carbocycles. The lowest BCUT2D eigenvalue weighted by molar-refractivity contribution is 0.216. The van der Waals surface area contributed by atoms with E-state index in [4.69, 9.17) is 10.5 Å². The molecular weight excluding hydrogens is 214 g/mol. The van der Waals surface area contributed by atoms with E-state index in [1.165, 1.54) is 19.3 Å². The van der Waals surface area contributed by atoms with Crippen molar-refractivity contribution >= 4 is 5.82 Å². The summed E-state index contributed by atoms with van der Waals surface area (Å²) in [7, 11) is 0. The number of rotatable bonds is 5. The highest BCUT2D eigenvalue weighted by Crippen LogP contribution is 2.29. The number of aryl methyl sites for hydroxylation is 1. The Bertz CT molecular complexity index is 388. The number of aromatic nitrogens is 2. The van der Waals surface area contributed by atoms with Gasteiger partial charge in [-0.25, -0.2) is 4.98 Å². The van der Waals surface area contributed by atoms with Crippen LogP contribution in [-0.4, -0.2) is 16.6 Å². The Labute approximate surface area is 103 Å². The molecule has 1 saturated carbocycles. The van der Waals surface area contributed by atoms with Crippen molar-refractivity contribution in [2.45, 2.75) is 46.0 Å². The first-order valence-corrected chi connectivity index (χ1v) is 6.46. The van der Waals surface area contributed by atoms with Crippen molar-refractivity contribution in [1.82, 2.24) is 9.97 Å². The van der Waals surface area contributed by atoms with Crippen LogP contribution in [0.1, 0.15) is 44.0 Å². The molecule has 0 saturated heterocycles. The van der Waals surface area contributed by atoms with Crippen LogP contribution in [-0.2, 0) is 6.42 Å². The summed E-state index contributed by atoms with van der Waals surface area (Å²) in [4.78, 5) is 8.59. The smallest absolute Gasteiger partial charge is 0.221 e. The quantitative estimate of drug-likeness (QED) is 0.851. The largest absolute Gasteiger partial charge is 0.477 e. The number of hydrogen-bond acceptors (Lipinski definition) is 4. The lowest BCUT2D eigenvalue weighted by Crippen LogP contribution is -2.15. The van der Waals surface area contributed by atoms with E-state index in [-0.39, 0.29) is 0 Å². The zero-order valence-electron chi connectivity index (χ0n) is 10.7. The fourth-order valence-corrected chi connectivity index (χ4v) is 1.96. The van der Waals surface area contributed by atoms with Gasteiger partial charge in [0.15, 0.2) is 0 Å². The van der Waals surface area contributed by atoms with Gasteiger partial charge in [-0.15, -0.1) is 0 Å². The molecule has 1 aromatic heterocycles. The Hall–Kier alpha value is -1.32. The van der Waals surface area contributed by atoms with Crippen molar-refractivity contribution in [2.24, 2.45) is 5.92 Å². The Kier molecular flexibility index (Phi) is 3.82. The summed E-state index contributed by atoms with van der Waals surface area (Å²) in [6.07, 6.45) is 6.00. The van der Waals surface area contributed by atoms with E-state index in [1.54, 1.807) is 0 Å². The summed E-state index contributed by atoms with van der Waals surface area (Å²) < 4.78 is 5.74. The lowest BCUT2D eigenvalue weighted by atomic mass is 9.83. The van der Waals surface area contributed by atoms with Gasteiger partial charge in [-0.05, 0) is 19.3 Å². The van der Waals surface area contributed by atoms with Crippen molar-refractivity contribution in [3.8, 4) is 5.88 Å². The molecule has 4 nitrogen and oxygen atoms in total. The summed E-state index contributed by atoms with van der Waals surface area (Å²) >= 11 is 0. The molecule has 17 heavy (non-hydrogen) atoms. The van der Waals surface area contributed by atoms with Crippen molar-refractivity contribution in [3.05, 3.63) is 11.4 Å². The molecule has 0 amide bonds. The van der Waals surface area contributed by atoms with Gasteiger partial charge in [0.05, 0.1) is 12.2 Å². The van der Waals surface area contributed by atoms with E-state index in [9.17, 15) is 0 Å². The zero-order chi connectivity index (χ0) is 12.3. The topological polar surface area (TPSA) is 61.0 Å². The van der Waals surface area contributed by atoms with E-state index < -0.39 is 0 Å². The third-order valence-electron chi connectivity index (χ3n) is 3.49. The average molecular weight is 235 g/mol. The summed E-state index contributed by atoms with van der Waals surface area (Å²) in [6.45, 7) is 4.67. The third kappa shape index (κ3) is 2.87. The lowest BCUT2D eigenvalue weighted by Gasteiger charge is -2.25. The standard InChI is InChI=1S/C13H21N3O/c1-3-11-15-12(14)9(2)13(16-11)17-8-7-10-5-4-6-10/h10H,3-8H2,1-2H3,(H2,14,15,16). The van der Waals surface area contributed by atoms with E-state index in [0.717, 1.165) is 36.8 Å². The van der Waals surface area contributed by atoms with Gasteiger partial charge in [0.1, 0.15) is 11.6 Å². The van der Waals surface area contributed by atoms with Crippen LogP contribution in [0.2, 0.25) is 0 Å². The molecule has 0 unspecified atom stereocenters. The molecule has 0 bridgehead atoms. The fraction of sp³-hybridized carbons (Fsp3) is 0.692. The van der Waals surface area contributed by atoms with Crippen molar-refractivity contribution in [3.63, 3.8) is 0 Å². The fourth-order valence-electron chi connectivity index (χ4n) is 1.96. The first-order valence-electron chi connectivity index (χ1n) is 6.46. The van der Waals surface area contributed by atoms with Crippen LogP contribution >= 0.6 is 0 Å². The molecular formula is C13H21N3O. The molecule has 0 spiro atoms. The van der Waals surface area contributed by atoms with Crippen LogP contribution in [0.3, 0.4) is 0 Å². The number of nitrogens with zero attached hydrogens (tertiary/aromatic N) is 2.